The molecule has 2 aliphatic carbocycles. The maximum absolute atomic E-state index is 12.2. The van der Waals surface area contributed by atoms with Crippen molar-refractivity contribution in [2.45, 2.75) is 82.1 Å². The zero-order valence-electron chi connectivity index (χ0n) is 27.6. The van der Waals surface area contributed by atoms with Gasteiger partial charge in [-0.1, -0.05) is 147 Å². The standard InChI is InChI=1S/C40H52O2/c1-29(18-13-20-31(3)23-25-35-33(5)22-15-27-39(35,7)8)16-11-12-17-30(2)19-14-21-32(4)24-26-36-34(6)38(42)37(41)28-40(36,9)10/h11-14,16-26,28,35,41H,15,27H2,1-10H3. The summed E-state index contributed by atoms with van der Waals surface area (Å²) in [4.78, 5) is 12.2. The Morgan fingerprint density at radius 2 is 1.29 bits per heavy atom. The lowest BCUT2D eigenvalue weighted by Gasteiger charge is -2.36. The minimum Gasteiger partial charge on any atom is -0.504 e. The molecule has 0 fully saturated rings. The summed E-state index contributed by atoms with van der Waals surface area (Å²) >= 11 is 0. The Kier molecular flexibility index (Phi) is 12.8. The van der Waals surface area contributed by atoms with Crippen LogP contribution in [0.1, 0.15) is 82.1 Å². The second-order valence-electron chi connectivity index (χ2n) is 13.0. The number of ketones is 1. The molecule has 2 aliphatic rings. The Hall–Kier alpha value is -3.65. The Balaban J connectivity index is 1.91. The maximum Gasteiger partial charge on any atom is 0.222 e. The molecule has 0 aromatic rings. The fourth-order valence-electron chi connectivity index (χ4n) is 5.41. The molecule has 2 nitrogen and oxygen atoms in total. The third kappa shape index (κ3) is 10.6. The largest absolute Gasteiger partial charge is 0.504 e. The highest BCUT2D eigenvalue weighted by atomic mass is 16.3. The van der Waals surface area contributed by atoms with E-state index in [0.29, 0.717) is 16.9 Å². The van der Waals surface area contributed by atoms with E-state index in [2.05, 4.69) is 108 Å². The number of rotatable bonds is 10. The van der Waals surface area contributed by atoms with Gasteiger partial charge in [-0.05, 0) is 71.4 Å². The smallest absolute Gasteiger partial charge is 0.222 e. The molecule has 0 radical (unpaired) electrons. The molecule has 0 aromatic heterocycles. The van der Waals surface area contributed by atoms with Gasteiger partial charge in [-0.3, -0.25) is 4.79 Å². The third-order valence-corrected chi connectivity index (χ3v) is 8.09. The number of aliphatic hydroxyl groups is 1. The fraction of sp³-hybridized carbons (Fsp3) is 0.375. The third-order valence-electron chi connectivity index (χ3n) is 8.09. The highest BCUT2D eigenvalue weighted by molar-refractivity contribution is 6.08. The molecule has 0 heterocycles. The van der Waals surface area contributed by atoms with Gasteiger partial charge in [0.2, 0.25) is 5.78 Å². The lowest BCUT2D eigenvalue weighted by atomic mass is 9.68. The SMILES string of the molecule is CC(C=CC=C(C)C=CC1=C(C)C(=O)C(O)=CC1(C)C)=CC=CC=C(C)C=CC=C(C)C=CC1C(C)=CCCC1(C)C. The van der Waals surface area contributed by atoms with Gasteiger partial charge in [-0.15, -0.1) is 0 Å². The molecule has 0 amide bonds. The minimum atomic E-state index is -0.390. The molecule has 1 atom stereocenters. The number of hydrogen-bond acceptors (Lipinski definition) is 2. The fourth-order valence-corrected chi connectivity index (χ4v) is 5.41. The Bertz CT molecular complexity index is 1380. The van der Waals surface area contributed by atoms with Crippen molar-refractivity contribution in [3.63, 3.8) is 0 Å². The summed E-state index contributed by atoms with van der Waals surface area (Å²) in [6, 6.07) is 0. The molecule has 0 bridgehead atoms. The summed E-state index contributed by atoms with van der Waals surface area (Å²) in [5.74, 6) is 0.0469. The molecule has 2 heteroatoms. The van der Waals surface area contributed by atoms with Crippen LogP contribution in [-0.2, 0) is 4.79 Å². The van der Waals surface area contributed by atoms with Crippen molar-refractivity contribution >= 4 is 5.78 Å². The Labute approximate surface area is 256 Å². The van der Waals surface area contributed by atoms with E-state index in [4.69, 9.17) is 0 Å². The van der Waals surface area contributed by atoms with Crippen LogP contribution in [0.4, 0.5) is 0 Å². The van der Waals surface area contributed by atoms with E-state index >= 15 is 0 Å². The van der Waals surface area contributed by atoms with Gasteiger partial charge in [0, 0.05) is 16.9 Å². The van der Waals surface area contributed by atoms with Gasteiger partial charge in [-0.25, -0.2) is 0 Å². The first-order valence-corrected chi connectivity index (χ1v) is 15.1. The Morgan fingerprint density at radius 1 is 0.786 bits per heavy atom. The molecule has 42 heavy (non-hydrogen) atoms. The van der Waals surface area contributed by atoms with E-state index in [9.17, 15) is 9.90 Å². The van der Waals surface area contributed by atoms with Crippen LogP contribution in [0.2, 0.25) is 0 Å². The van der Waals surface area contributed by atoms with E-state index in [1.807, 2.05) is 45.1 Å². The van der Waals surface area contributed by atoms with E-state index in [-0.39, 0.29) is 17.0 Å². The normalized spacial score (nSPS) is 22.9. The lowest BCUT2D eigenvalue weighted by Crippen LogP contribution is -2.26. The molecule has 0 saturated heterocycles. The molecule has 0 saturated carbocycles. The van der Waals surface area contributed by atoms with Gasteiger partial charge in [-0.2, -0.15) is 0 Å². The van der Waals surface area contributed by atoms with Crippen LogP contribution in [-0.4, -0.2) is 10.9 Å². The van der Waals surface area contributed by atoms with Gasteiger partial charge < -0.3 is 5.11 Å². The number of hydrogen-bond donors (Lipinski definition) is 1. The summed E-state index contributed by atoms with van der Waals surface area (Å²) in [6.45, 7) is 21.2. The summed E-state index contributed by atoms with van der Waals surface area (Å²) < 4.78 is 0. The average Bonchev–Trinajstić information content (AvgIpc) is 2.88. The van der Waals surface area contributed by atoms with Gasteiger partial charge in [0.15, 0.2) is 5.76 Å². The van der Waals surface area contributed by atoms with Gasteiger partial charge >= 0.3 is 0 Å². The van der Waals surface area contributed by atoms with Crippen molar-refractivity contribution < 1.29 is 9.90 Å². The molecule has 0 aliphatic heterocycles. The highest BCUT2D eigenvalue weighted by Gasteiger charge is 2.31. The van der Waals surface area contributed by atoms with Gasteiger partial charge in [0.25, 0.3) is 0 Å². The molecular formula is C40H52O2. The molecule has 224 valence electrons. The first-order chi connectivity index (χ1) is 19.6. The summed E-state index contributed by atoms with van der Waals surface area (Å²) in [5.41, 5.74) is 7.62. The monoisotopic (exact) mass is 564 g/mol. The van der Waals surface area contributed by atoms with E-state index in [1.165, 1.54) is 29.6 Å². The van der Waals surface area contributed by atoms with Crippen molar-refractivity contribution in [1.82, 2.24) is 0 Å². The van der Waals surface area contributed by atoms with Crippen molar-refractivity contribution in [2.24, 2.45) is 16.7 Å². The van der Waals surface area contributed by atoms with Gasteiger partial charge in [0.1, 0.15) is 0 Å². The van der Waals surface area contributed by atoms with Crippen molar-refractivity contribution in [2.75, 3.05) is 0 Å². The van der Waals surface area contributed by atoms with Crippen LogP contribution in [0, 0.1) is 16.7 Å². The predicted octanol–water partition coefficient (Wildman–Crippen LogP) is 11.3. The van der Waals surface area contributed by atoms with E-state index in [0.717, 1.165) is 16.7 Å². The molecular weight excluding hydrogens is 512 g/mol. The van der Waals surface area contributed by atoms with Crippen LogP contribution < -0.4 is 0 Å². The van der Waals surface area contributed by atoms with E-state index in [1.54, 1.807) is 13.0 Å². The average molecular weight is 565 g/mol. The zero-order valence-corrected chi connectivity index (χ0v) is 27.6. The summed E-state index contributed by atoms with van der Waals surface area (Å²) in [5, 5.41) is 9.89. The van der Waals surface area contributed by atoms with E-state index < -0.39 is 0 Å². The van der Waals surface area contributed by atoms with Crippen LogP contribution >= 0.6 is 0 Å². The van der Waals surface area contributed by atoms with Gasteiger partial charge in [0.05, 0.1) is 0 Å². The second kappa shape index (κ2) is 15.5. The molecule has 1 unspecified atom stereocenters. The summed E-state index contributed by atoms with van der Waals surface area (Å²) in [7, 11) is 0. The molecule has 0 aromatic carbocycles. The number of aliphatic hydroxyl groups excluding tert-OH is 1. The maximum atomic E-state index is 12.2. The van der Waals surface area contributed by atoms with Crippen molar-refractivity contribution in [3.05, 3.63) is 142 Å². The summed E-state index contributed by atoms with van der Waals surface area (Å²) in [6.07, 6.45) is 36.0. The van der Waals surface area contributed by atoms with Crippen LogP contribution in [0.5, 0.6) is 0 Å². The minimum absolute atomic E-state index is 0.166. The lowest BCUT2D eigenvalue weighted by molar-refractivity contribution is -0.114. The van der Waals surface area contributed by atoms with Crippen molar-refractivity contribution in [3.8, 4) is 0 Å². The van der Waals surface area contributed by atoms with Crippen molar-refractivity contribution in [1.29, 1.82) is 0 Å². The van der Waals surface area contributed by atoms with Crippen LogP contribution in [0.3, 0.4) is 0 Å². The Morgan fingerprint density at radius 3 is 1.83 bits per heavy atom. The molecule has 0 spiro atoms. The number of Topliss-reactive ketones (excluding diaryl/α,β-unsaturated/α-hetero) is 1. The predicted molar refractivity (Wildman–Crippen MR) is 183 cm³/mol. The topological polar surface area (TPSA) is 37.3 Å². The molecule has 1 N–H and O–H groups in total. The molecule has 2 rings (SSSR count). The van der Waals surface area contributed by atoms with Crippen LogP contribution in [0.25, 0.3) is 0 Å². The van der Waals surface area contributed by atoms with Crippen LogP contribution in [0.15, 0.2) is 142 Å². The first kappa shape index (κ1) is 34.6. The zero-order chi connectivity index (χ0) is 31.5. The highest BCUT2D eigenvalue weighted by Crippen LogP contribution is 2.41. The number of allylic oxidation sites excluding steroid dienone is 23. The number of carbonyl (C=O) groups is 1. The first-order valence-electron chi connectivity index (χ1n) is 15.1. The quantitative estimate of drug-likeness (QED) is 0.212. The second-order valence-corrected chi connectivity index (χ2v) is 13.0. The number of carbonyl (C=O) groups excluding carboxylic acids is 1.